The van der Waals surface area contributed by atoms with Gasteiger partial charge in [-0.3, -0.25) is 4.79 Å². The summed E-state index contributed by atoms with van der Waals surface area (Å²) in [6.45, 7) is 2.48. The third-order valence-corrected chi connectivity index (χ3v) is 3.89. The van der Waals surface area contributed by atoms with Crippen LogP contribution in [0.2, 0.25) is 0 Å². The molecule has 1 heterocycles. The van der Waals surface area contributed by atoms with Gasteiger partial charge in [0.1, 0.15) is 5.75 Å². The Morgan fingerprint density at radius 2 is 2.30 bits per heavy atom. The van der Waals surface area contributed by atoms with E-state index in [1.54, 1.807) is 6.07 Å². The van der Waals surface area contributed by atoms with Crippen molar-refractivity contribution in [2.45, 2.75) is 19.6 Å². The van der Waals surface area contributed by atoms with E-state index in [2.05, 4.69) is 15.9 Å². The Kier molecular flexibility index (Phi) is 3.40. The molecule has 1 aliphatic heterocycles. The van der Waals surface area contributed by atoms with Gasteiger partial charge in [-0.05, 0) is 35.9 Å². The highest BCUT2D eigenvalue weighted by atomic mass is 79.9. The summed E-state index contributed by atoms with van der Waals surface area (Å²) in [7, 11) is 0. The summed E-state index contributed by atoms with van der Waals surface area (Å²) < 4.78 is 12.2. The first-order chi connectivity index (χ1) is 9.60. The van der Waals surface area contributed by atoms with Crippen LogP contribution in [0.1, 0.15) is 22.8 Å². The molecule has 2 aromatic carbocycles. The number of fused-ring (bicyclic) bond motifs is 3. The van der Waals surface area contributed by atoms with E-state index < -0.39 is 5.91 Å². The van der Waals surface area contributed by atoms with Crippen molar-refractivity contribution in [2.75, 3.05) is 6.61 Å². The molecular weight excluding hydrogens is 322 g/mol. The monoisotopic (exact) mass is 335 g/mol. The van der Waals surface area contributed by atoms with Gasteiger partial charge >= 0.3 is 0 Å². The number of ether oxygens (including phenoxy) is 2. The quantitative estimate of drug-likeness (QED) is 0.937. The van der Waals surface area contributed by atoms with Gasteiger partial charge < -0.3 is 15.2 Å². The smallest absolute Gasteiger partial charge is 0.252 e. The maximum absolute atomic E-state index is 11.6. The molecule has 104 valence electrons. The van der Waals surface area contributed by atoms with E-state index in [9.17, 15) is 4.79 Å². The lowest BCUT2D eigenvalue weighted by Gasteiger charge is -2.11. The highest BCUT2D eigenvalue weighted by molar-refractivity contribution is 9.10. The molecule has 0 saturated heterocycles. The van der Waals surface area contributed by atoms with E-state index >= 15 is 0 Å². The number of primary amides is 1. The molecule has 1 aliphatic rings. The summed E-state index contributed by atoms with van der Waals surface area (Å²) in [6.07, 6.45) is 0.282. The first kappa shape index (κ1) is 13.4. The Bertz CT molecular complexity index is 699. The molecule has 0 aromatic heterocycles. The van der Waals surface area contributed by atoms with Crippen LogP contribution in [0.5, 0.6) is 5.75 Å². The van der Waals surface area contributed by atoms with E-state index in [-0.39, 0.29) is 6.29 Å². The first-order valence-corrected chi connectivity index (χ1v) is 7.22. The highest BCUT2D eigenvalue weighted by Crippen LogP contribution is 2.39. The summed E-state index contributed by atoms with van der Waals surface area (Å²) in [6, 6.07) is 7.73. The van der Waals surface area contributed by atoms with Crippen molar-refractivity contribution in [3.05, 3.63) is 39.9 Å². The lowest BCUT2D eigenvalue weighted by molar-refractivity contribution is -0.0603. The Morgan fingerprint density at radius 1 is 1.50 bits per heavy atom. The number of halogens is 1. The minimum Gasteiger partial charge on any atom is -0.463 e. The second-order valence-electron chi connectivity index (χ2n) is 4.67. The van der Waals surface area contributed by atoms with Crippen molar-refractivity contribution < 1.29 is 14.3 Å². The molecule has 0 radical (unpaired) electrons. The van der Waals surface area contributed by atoms with Gasteiger partial charge in [-0.15, -0.1) is 0 Å². The molecule has 1 atom stereocenters. The average Bonchev–Trinajstić information content (AvgIpc) is 2.81. The molecule has 0 saturated carbocycles. The number of hydrogen-bond acceptors (Lipinski definition) is 3. The van der Waals surface area contributed by atoms with Crippen molar-refractivity contribution in [3.63, 3.8) is 0 Å². The predicted molar refractivity (Wildman–Crippen MR) is 79.9 cm³/mol. The zero-order valence-electron chi connectivity index (χ0n) is 11.0. The normalized spacial score (nSPS) is 17.0. The maximum atomic E-state index is 11.6. The molecule has 0 aliphatic carbocycles. The Hall–Kier alpha value is -1.59. The molecule has 5 heteroatoms. The standard InChI is InChI=1S/C15H14BrNO3/c1-2-19-13-7-11-10-4-3-9(16)5-8(10)6-12(15(17)18)14(11)20-13/h3-6,13H,2,7H2,1H3,(H2,17,18). The molecule has 0 spiro atoms. The predicted octanol–water partition coefficient (Wildman–Crippen LogP) is 3.00. The lowest BCUT2D eigenvalue weighted by atomic mass is 9.98. The maximum Gasteiger partial charge on any atom is 0.252 e. The summed E-state index contributed by atoms with van der Waals surface area (Å²) in [5.74, 6) is 0.0750. The zero-order valence-corrected chi connectivity index (χ0v) is 12.6. The van der Waals surface area contributed by atoms with Crippen LogP contribution in [0.25, 0.3) is 10.8 Å². The van der Waals surface area contributed by atoms with Crippen LogP contribution in [0.3, 0.4) is 0 Å². The number of carbonyl (C=O) groups is 1. The fourth-order valence-corrected chi connectivity index (χ4v) is 2.95. The minimum absolute atomic E-state index is 0.345. The van der Waals surface area contributed by atoms with Crippen LogP contribution in [-0.4, -0.2) is 18.8 Å². The Balaban J connectivity index is 2.21. The van der Waals surface area contributed by atoms with E-state index in [0.29, 0.717) is 24.3 Å². The summed E-state index contributed by atoms with van der Waals surface area (Å²) in [5.41, 5.74) is 6.86. The van der Waals surface area contributed by atoms with Gasteiger partial charge in [0.2, 0.25) is 6.29 Å². The number of hydrogen-bond donors (Lipinski definition) is 1. The van der Waals surface area contributed by atoms with E-state index in [1.165, 1.54) is 0 Å². The van der Waals surface area contributed by atoms with E-state index in [0.717, 1.165) is 20.8 Å². The van der Waals surface area contributed by atoms with Crippen LogP contribution in [0, 0.1) is 0 Å². The summed E-state index contributed by atoms with van der Waals surface area (Å²) >= 11 is 3.44. The number of amides is 1. The fourth-order valence-electron chi connectivity index (χ4n) is 2.57. The van der Waals surface area contributed by atoms with Crippen molar-refractivity contribution in [2.24, 2.45) is 5.73 Å². The van der Waals surface area contributed by atoms with Crippen molar-refractivity contribution in [1.29, 1.82) is 0 Å². The molecule has 4 nitrogen and oxygen atoms in total. The summed E-state index contributed by atoms with van der Waals surface area (Å²) in [4.78, 5) is 11.6. The van der Waals surface area contributed by atoms with Crippen molar-refractivity contribution in [3.8, 4) is 5.75 Å². The Labute approximate surface area is 125 Å². The third-order valence-electron chi connectivity index (χ3n) is 3.40. The van der Waals surface area contributed by atoms with Crippen molar-refractivity contribution in [1.82, 2.24) is 0 Å². The average molecular weight is 336 g/mol. The van der Waals surface area contributed by atoms with Gasteiger partial charge in [0.05, 0.1) is 5.56 Å². The van der Waals surface area contributed by atoms with Crippen LogP contribution in [0.15, 0.2) is 28.7 Å². The lowest BCUT2D eigenvalue weighted by Crippen LogP contribution is -2.18. The molecule has 1 amide bonds. The molecule has 2 N–H and O–H groups in total. The van der Waals surface area contributed by atoms with Crippen LogP contribution < -0.4 is 10.5 Å². The highest BCUT2D eigenvalue weighted by Gasteiger charge is 2.29. The first-order valence-electron chi connectivity index (χ1n) is 6.43. The second-order valence-corrected chi connectivity index (χ2v) is 5.58. The van der Waals surface area contributed by atoms with Crippen molar-refractivity contribution >= 4 is 32.6 Å². The number of nitrogens with two attached hydrogens (primary N) is 1. The Morgan fingerprint density at radius 3 is 3.00 bits per heavy atom. The number of carbonyl (C=O) groups excluding carboxylic acids is 1. The molecule has 1 unspecified atom stereocenters. The van der Waals surface area contributed by atoms with Crippen LogP contribution in [-0.2, 0) is 11.2 Å². The van der Waals surface area contributed by atoms with Crippen LogP contribution >= 0.6 is 15.9 Å². The van der Waals surface area contributed by atoms with Gasteiger partial charge in [0, 0.05) is 23.1 Å². The zero-order chi connectivity index (χ0) is 14.3. The molecule has 2 aromatic rings. The minimum atomic E-state index is -0.486. The van der Waals surface area contributed by atoms with Gasteiger partial charge in [0.25, 0.3) is 5.91 Å². The molecule has 3 rings (SSSR count). The van der Waals surface area contributed by atoms with Gasteiger partial charge in [0.15, 0.2) is 0 Å². The van der Waals surface area contributed by atoms with Gasteiger partial charge in [-0.1, -0.05) is 22.0 Å². The molecule has 20 heavy (non-hydrogen) atoms. The topological polar surface area (TPSA) is 61.5 Å². The SMILES string of the molecule is CCOC1Cc2c(c(C(N)=O)cc3cc(Br)ccc23)O1. The number of rotatable bonds is 3. The van der Waals surface area contributed by atoms with E-state index in [4.69, 9.17) is 15.2 Å². The second kappa shape index (κ2) is 5.07. The fraction of sp³-hybridized carbons (Fsp3) is 0.267. The molecule has 0 bridgehead atoms. The molecular formula is C15H14BrNO3. The molecule has 0 fully saturated rings. The van der Waals surface area contributed by atoms with Gasteiger partial charge in [-0.25, -0.2) is 0 Å². The van der Waals surface area contributed by atoms with Gasteiger partial charge in [-0.2, -0.15) is 0 Å². The van der Waals surface area contributed by atoms with Crippen LogP contribution in [0.4, 0.5) is 0 Å². The number of benzene rings is 2. The van der Waals surface area contributed by atoms with E-state index in [1.807, 2.05) is 25.1 Å². The summed E-state index contributed by atoms with van der Waals surface area (Å²) in [5, 5.41) is 2.03. The largest absolute Gasteiger partial charge is 0.463 e. The third kappa shape index (κ3) is 2.17.